The molecule has 0 amide bonds. The van der Waals surface area contributed by atoms with E-state index in [1.54, 1.807) is 0 Å². The van der Waals surface area contributed by atoms with Crippen molar-refractivity contribution in [3.63, 3.8) is 0 Å². The van der Waals surface area contributed by atoms with E-state index in [1.165, 1.54) is 210 Å². The summed E-state index contributed by atoms with van der Waals surface area (Å²) in [6.07, 6.45) is 0. The van der Waals surface area contributed by atoms with Gasteiger partial charge in [-0.1, -0.05) is 406 Å². The van der Waals surface area contributed by atoms with Crippen LogP contribution in [0.5, 0.6) is 0 Å². The number of benzene rings is 22. The summed E-state index contributed by atoms with van der Waals surface area (Å²) in [5.41, 5.74) is 47.9. The minimum Gasteiger partial charge on any atom is -0.454 e. The van der Waals surface area contributed by atoms with E-state index in [4.69, 9.17) is 4.42 Å². The average molecular weight is 1660 g/mol. The van der Waals surface area contributed by atoms with Crippen LogP contribution in [0.25, 0.3) is 188 Å². The molecule has 1 aromatic heterocycles. The van der Waals surface area contributed by atoms with Crippen LogP contribution < -0.4 is 9.80 Å². The largest absolute Gasteiger partial charge is 0.454 e. The highest BCUT2D eigenvalue weighted by Gasteiger charge is 2.54. The van der Waals surface area contributed by atoms with Crippen LogP contribution in [-0.4, -0.2) is 0 Å². The molecule has 606 valence electrons. The molecule has 22 aromatic carbocycles. The van der Waals surface area contributed by atoms with Crippen LogP contribution in [-0.2, 0) is 10.8 Å². The molecule has 0 bridgehead atoms. The molecule has 23 aromatic rings. The van der Waals surface area contributed by atoms with Gasteiger partial charge in [0, 0.05) is 39.1 Å². The van der Waals surface area contributed by atoms with Crippen molar-refractivity contribution in [2.45, 2.75) is 10.8 Å². The Balaban J connectivity index is 0.000000132. The van der Waals surface area contributed by atoms with Gasteiger partial charge in [-0.15, -0.1) is 0 Å². The molecule has 1 heterocycles. The molecule has 0 unspecified atom stereocenters. The Labute approximate surface area is 759 Å². The number of hydrogen-bond donors (Lipinski definition) is 0. The first-order valence-electron chi connectivity index (χ1n) is 45.6. The van der Waals surface area contributed by atoms with E-state index in [0.717, 1.165) is 56.1 Å². The molecule has 3 heteroatoms. The third kappa shape index (κ3) is 10.3. The Hall–Kier alpha value is -17.0. The number of para-hydroxylation sites is 2. The maximum Gasteiger partial charge on any atom is 0.159 e. The van der Waals surface area contributed by atoms with Crippen LogP contribution in [0.15, 0.2) is 478 Å². The quantitative estimate of drug-likeness (QED) is 0.155. The molecule has 29 rings (SSSR count). The molecule has 0 N–H and O–H groups in total. The molecule has 0 aliphatic heterocycles. The van der Waals surface area contributed by atoms with E-state index in [2.05, 4.69) is 483 Å². The van der Waals surface area contributed by atoms with Crippen LogP contribution >= 0.6 is 0 Å². The second kappa shape index (κ2) is 28.3. The topological polar surface area (TPSA) is 19.6 Å². The second-order valence-electron chi connectivity index (χ2n) is 35.7. The Morgan fingerprint density at radius 2 is 0.405 bits per heavy atom. The summed E-state index contributed by atoms with van der Waals surface area (Å²) in [4.78, 5) is 5.00. The Morgan fingerprint density at radius 3 is 0.832 bits per heavy atom. The van der Waals surface area contributed by atoms with Crippen LogP contribution in [0.4, 0.5) is 34.1 Å². The van der Waals surface area contributed by atoms with Crippen molar-refractivity contribution in [2.24, 2.45) is 0 Å². The smallest absolute Gasteiger partial charge is 0.159 e. The van der Waals surface area contributed by atoms with E-state index >= 15 is 0 Å². The van der Waals surface area contributed by atoms with E-state index < -0.39 is 10.8 Å². The maximum atomic E-state index is 6.93. The molecular weight excluding hydrogens is 1580 g/mol. The SMILES string of the molecule is c1ccc2c(c1)-c1ccccc1-c1ccc(N(c3ccc4c(c3)C3(c5ccccc5-c5ccccc53)c3ccccc3-4)c3ccc4c5ccccc5c5ccccc5c4c3)cc1-c1ccccc1-2.c1ccc2c(c1)-c1ccccc1-c1ccc(N(c3cccc4c3-c3ccccc3C43c4ccccc4-c4ccccc43)c3cccc4c3oc3ccccc34)cc1-c1ccccc1-2. The van der Waals surface area contributed by atoms with Crippen LogP contribution in [0, 0.1) is 0 Å². The van der Waals surface area contributed by atoms with Gasteiger partial charge in [0.05, 0.1) is 22.2 Å². The van der Waals surface area contributed by atoms with Crippen molar-refractivity contribution >= 4 is 88.4 Å². The van der Waals surface area contributed by atoms with Crippen molar-refractivity contribution in [3.8, 4) is 134 Å². The van der Waals surface area contributed by atoms with Gasteiger partial charge in [0.15, 0.2) is 5.58 Å². The summed E-state index contributed by atoms with van der Waals surface area (Å²) < 4.78 is 6.93. The number of furan rings is 1. The van der Waals surface area contributed by atoms with Gasteiger partial charge >= 0.3 is 0 Å². The van der Waals surface area contributed by atoms with Crippen molar-refractivity contribution in [3.05, 3.63) is 518 Å². The zero-order valence-corrected chi connectivity index (χ0v) is 71.3. The highest BCUT2D eigenvalue weighted by Crippen LogP contribution is 2.68. The lowest BCUT2D eigenvalue weighted by Gasteiger charge is -2.32. The number of nitrogens with zero attached hydrogens (tertiary/aromatic N) is 2. The lowest BCUT2D eigenvalue weighted by Crippen LogP contribution is -2.26. The first kappa shape index (κ1) is 73.2. The van der Waals surface area contributed by atoms with Crippen LogP contribution in [0.1, 0.15) is 44.5 Å². The summed E-state index contributed by atoms with van der Waals surface area (Å²) in [5.74, 6) is 0. The van der Waals surface area contributed by atoms with Gasteiger partial charge in [-0.3, -0.25) is 0 Å². The van der Waals surface area contributed by atoms with Crippen molar-refractivity contribution in [1.82, 2.24) is 0 Å². The average Bonchev–Trinajstić information content (AvgIpc) is 1.51. The molecule has 0 saturated carbocycles. The van der Waals surface area contributed by atoms with Gasteiger partial charge in [0.25, 0.3) is 0 Å². The standard InChI is InChI=1S/C67H41N.C61H37NO/c1-2-18-46-45(17-1)47-19-3-5-23-51(47)55-36-33-42(39-61(55)53-25-9-7-21-49(46)53)68(43-34-37-56-52-24-6-4-20-48(52)50-22-8-10-26-54(50)62(56)40-43)44-35-38-60-59-29-13-16-32-65(59)67(66(60)41-44)63-30-14-11-27-57(63)58-28-12-15-31-64(58)67;1-2-18-40-39(17-1)41-19-3-4-21-43(41)45-36-35-38(37-51(45)44-22-6-5-20-42(40)44)62(57-33-15-27-49-48-25-10-14-34-58(48)63-60(49)57)56-32-16-31-55-59(56)50-26-9-13-30-54(50)61(55)52-28-11-7-23-46(52)47-24-8-12-29-53(47)61/h1-41H;1-37H. The van der Waals surface area contributed by atoms with Crippen LogP contribution in [0.3, 0.4) is 0 Å². The van der Waals surface area contributed by atoms with Crippen LogP contribution in [0.2, 0.25) is 0 Å². The lowest BCUT2D eigenvalue weighted by molar-refractivity contribution is 0.669. The molecular formula is C128H78N2O. The third-order valence-corrected chi connectivity index (χ3v) is 29.5. The Morgan fingerprint density at radius 1 is 0.145 bits per heavy atom. The second-order valence-corrected chi connectivity index (χ2v) is 35.7. The van der Waals surface area contributed by atoms with Gasteiger partial charge < -0.3 is 14.2 Å². The van der Waals surface area contributed by atoms with Crippen molar-refractivity contribution in [2.75, 3.05) is 9.80 Å². The van der Waals surface area contributed by atoms with E-state index in [1.807, 2.05) is 0 Å². The number of fused-ring (bicyclic) bond motifs is 45. The zero-order valence-electron chi connectivity index (χ0n) is 71.3. The van der Waals surface area contributed by atoms with Gasteiger partial charge in [-0.25, -0.2) is 0 Å². The lowest BCUT2D eigenvalue weighted by atomic mass is 9.70. The molecule has 131 heavy (non-hydrogen) atoms. The minimum atomic E-state index is -0.478. The fourth-order valence-electron chi connectivity index (χ4n) is 24.3. The molecule has 0 atom stereocenters. The summed E-state index contributed by atoms with van der Waals surface area (Å²) in [6, 6.07) is 176. The number of rotatable bonds is 6. The van der Waals surface area contributed by atoms with E-state index in [0.29, 0.717) is 0 Å². The van der Waals surface area contributed by atoms with Gasteiger partial charge in [0.2, 0.25) is 0 Å². The highest BCUT2D eigenvalue weighted by atomic mass is 16.3. The molecule has 2 spiro atoms. The normalized spacial score (nSPS) is 13.2. The van der Waals surface area contributed by atoms with E-state index in [9.17, 15) is 0 Å². The summed E-state index contributed by atoms with van der Waals surface area (Å²) in [7, 11) is 0. The van der Waals surface area contributed by atoms with Gasteiger partial charge in [-0.2, -0.15) is 0 Å². The molecule has 0 fully saturated rings. The predicted octanol–water partition coefficient (Wildman–Crippen LogP) is 34.3. The Kier molecular flexibility index (Phi) is 15.8. The number of hydrogen-bond acceptors (Lipinski definition) is 3. The zero-order chi connectivity index (χ0) is 85.7. The fraction of sp³-hybridized carbons (Fsp3) is 0.0156. The predicted molar refractivity (Wildman–Crippen MR) is 545 cm³/mol. The minimum absolute atomic E-state index is 0.471. The monoisotopic (exact) mass is 1660 g/mol. The molecule has 6 aliphatic carbocycles. The molecule has 0 radical (unpaired) electrons. The van der Waals surface area contributed by atoms with Gasteiger partial charge in [0.1, 0.15) is 5.58 Å². The first-order chi connectivity index (χ1) is 65.0. The molecule has 6 aliphatic rings. The highest BCUT2D eigenvalue weighted by molar-refractivity contribution is 6.26. The summed E-state index contributed by atoms with van der Waals surface area (Å²) in [6.45, 7) is 0. The summed E-state index contributed by atoms with van der Waals surface area (Å²) >= 11 is 0. The molecule has 3 nitrogen and oxygen atoms in total. The fourth-order valence-corrected chi connectivity index (χ4v) is 24.3. The van der Waals surface area contributed by atoms with Gasteiger partial charge in [-0.05, 0) is 272 Å². The molecule has 0 saturated heterocycles. The first-order valence-corrected chi connectivity index (χ1v) is 45.6. The third-order valence-electron chi connectivity index (χ3n) is 29.5. The number of anilines is 6. The van der Waals surface area contributed by atoms with Crippen molar-refractivity contribution < 1.29 is 4.42 Å². The summed E-state index contributed by atoms with van der Waals surface area (Å²) in [5, 5.41) is 9.78. The Bertz CT molecular complexity index is 8700. The van der Waals surface area contributed by atoms with E-state index in [-0.39, 0.29) is 0 Å². The maximum absolute atomic E-state index is 6.93. The van der Waals surface area contributed by atoms with Crippen molar-refractivity contribution in [1.29, 1.82) is 0 Å².